The van der Waals surface area contributed by atoms with E-state index in [0.717, 1.165) is 53.9 Å². The zero-order valence-electron chi connectivity index (χ0n) is 14.7. The van der Waals surface area contributed by atoms with Crippen LogP contribution in [0.3, 0.4) is 0 Å². The molecule has 0 spiro atoms. The first-order valence-corrected chi connectivity index (χ1v) is 10.5. The number of rotatable bonds is 3. The molecule has 6 nitrogen and oxygen atoms in total. The molecule has 0 saturated heterocycles. The minimum atomic E-state index is -3.73. The van der Waals surface area contributed by atoms with Crippen molar-refractivity contribution in [1.82, 2.24) is 14.3 Å². The van der Waals surface area contributed by atoms with E-state index < -0.39 is 10.0 Å². The third-order valence-corrected chi connectivity index (χ3v) is 6.82. The molecule has 2 aromatic heterocycles. The van der Waals surface area contributed by atoms with Crippen LogP contribution >= 0.6 is 0 Å². The van der Waals surface area contributed by atoms with Gasteiger partial charge in [-0.05, 0) is 54.4 Å². The average Bonchev–Trinajstić information content (AvgIpc) is 3.33. The van der Waals surface area contributed by atoms with Crippen molar-refractivity contribution in [3.8, 4) is 5.75 Å². The van der Waals surface area contributed by atoms with Gasteiger partial charge in [-0.1, -0.05) is 6.08 Å². The minimum absolute atomic E-state index is 0.276. The Morgan fingerprint density at radius 1 is 1.19 bits per heavy atom. The van der Waals surface area contributed by atoms with Gasteiger partial charge in [-0.2, -0.15) is 0 Å². The quantitative estimate of drug-likeness (QED) is 0.755. The summed E-state index contributed by atoms with van der Waals surface area (Å²) in [6, 6.07) is 8.66. The number of ether oxygens (including phenoxy) is 1. The van der Waals surface area contributed by atoms with E-state index in [9.17, 15) is 8.42 Å². The van der Waals surface area contributed by atoms with Gasteiger partial charge in [-0.15, -0.1) is 0 Å². The van der Waals surface area contributed by atoms with Crippen molar-refractivity contribution < 1.29 is 13.2 Å². The molecule has 0 radical (unpaired) electrons. The fourth-order valence-electron chi connectivity index (χ4n) is 3.77. The number of nitrogens with one attached hydrogen (secondary N) is 1. The highest BCUT2D eigenvalue weighted by Gasteiger charge is 2.25. The Balaban J connectivity index is 1.69. The highest BCUT2D eigenvalue weighted by molar-refractivity contribution is 7.90. The lowest BCUT2D eigenvalue weighted by atomic mass is 10.0. The van der Waals surface area contributed by atoms with Gasteiger partial charge >= 0.3 is 0 Å². The van der Waals surface area contributed by atoms with Crippen LogP contribution in [0.2, 0.25) is 0 Å². The number of pyridine rings is 1. The molecule has 1 N–H and O–H groups in total. The van der Waals surface area contributed by atoms with Crippen LogP contribution in [-0.4, -0.2) is 37.1 Å². The van der Waals surface area contributed by atoms with Gasteiger partial charge in [0.15, 0.2) is 0 Å². The summed E-state index contributed by atoms with van der Waals surface area (Å²) in [6.45, 7) is 2.26. The zero-order valence-corrected chi connectivity index (χ0v) is 15.5. The van der Waals surface area contributed by atoms with Crippen LogP contribution in [-0.2, 0) is 16.4 Å². The lowest BCUT2D eigenvalue weighted by Crippen LogP contribution is -2.20. The number of aromatic nitrogens is 2. The summed E-state index contributed by atoms with van der Waals surface area (Å²) in [4.78, 5) is 4.75. The molecule has 4 heterocycles. The molecule has 2 aliphatic heterocycles. The summed E-state index contributed by atoms with van der Waals surface area (Å²) in [5.41, 5.74) is 4.28. The van der Waals surface area contributed by atoms with Crippen molar-refractivity contribution >= 4 is 26.6 Å². The van der Waals surface area contributed by atoms with E-state index in [1.165, 1.54) is 3.97 Å². The third-order valence-electron chi connectivity index (χ3n) is 5.15. The van der Waals surface area contributed by atoms with Gasteiger partial charge < -0.3 is 10.1 Å². The highest BCUT2D eigenvalue weighted by atomic mass is 32.2. The lowest BCUT2D eigenvalue weighted by Gasteiger charge is -2.12. The first-order chi connectivity index (χ1) is 13.1. The molecule has 138 valence electrons. The van der Waals surface area contributed by atoms with E-state index in [1.807, 2.05) is 6.07 Å². The Hall–Kier alpha value is -2.64. The molecule has 2 aliphatic rings. The molecule has 0 unspecified atom stereocenters. The third kappa shape index (κ3) is 2.65. The van der Waals surface area contributed by atoms with Gasteiger partial charge in [0, 0.05) is 30.9 Å². The summed E-state index contributed by atoms with van der Waals surface area (Å²) in [7, 11) is -3.73. The summed E-state index contributed by atoms with van der Waals surface area (Å²) < 4.78 is 33.7. The molecule has 7 heteroatoms. The van der Waals surface area contributed by atoms with E-state index in [0.29, 0.717) is 12.1 Å². The number of benzene rings is 1. The fourth-order valence-corrected chi connectivity index (χ4v) is 5.18. The predicted molar refractivity (Wildman–Crippen MR) is 103 cm³/mol. The van der Waals surface area contributed by atoms with E-state index in [-0.39, 0.29) is 4.90 Å². The van der Waals surface area contributed by atoms with Crippen LogP contribution in [0, 0.1) is 0 Å². The first kappa shape index (κ1) is 16.5. The first-order valence-electron chi connectivity index (χ1n) is 9.02. The van der Waals surface area contributed by atoms with Crippen molar-refractivity contribution in [1.29, 1.82) is 0 Å². The standard InChI is InChI=1S/C20H19N3O3S/c24-27(25,16-3-4-19-15(12-16)7-11-26-19)23-13-17(14-5-9-21-10-6-14)20-18(23)2-1-8-22-20/h1-5,8,12-13,21H,6-7,9-11H2. The maximum Gasteiger partial charge on any atom is 0.268 e. The summed E-state index contributed by atoms with van der Waals surface area (Å²) >= 11 is 0. The molecule has 3 aromatic rings. The van der Waals surface area contributed by atoms with Gasteiger partial charge in [-0.25, -0.2) is 12.4 Å². The normalized spacial score (nSPS) is 16.8. The number of hydrogen-bond donors (Lipinski definition) is 1. The predicted octanol–water partition coefficient (Wildman–Crippen LogP) is 2.58. The van der Waals surface area contributed by atoms with Crippen molar-refractivity contribution in [2.45, 2.75) is 17.7 Å². The molecule has 0 bridgehead atoms. The monoisotopic (exact) mass is 381 g/mol. The SMILES string of the molecule is O=S(=O)(c1ccc2c(c1)CCO2)n1cc(C2=CCNCC2)c2ncccc21. The van der Waals surface area contributed by atoms with Gasteiger partial charge in [-0.3, -0.25) is 4.98 Å². The molecular weight excluding hydrogens is 362 g/mol. The second kappa shape index (κ2) is 6.21. The van der Waals surface area contributed by atoms with E-state index in [1.54, 1.807) is 36.7 Å². The van der Waals surface area contributed by atoms with Crippen molar-refractivity contribution in [3.63, 3.8) is 0 Å². The van der Waals surface area contributed by atoms with E-state index in [2.05, 4.69) is 16.4 Å². The Labute approximate surface area is 157 Å². The second-order valence-electron chi connectivity index (χ2n) is 6.77. The maximum atomic E-state index is 13.4. The molecular formula is C20H19N3O3S. The van der Waals surface area contributed by atoms with Gasteiger partial charge in [0.1, 0.15) is 5.75 Å². The van der Waals surface area contributed by atoms with Crippen molar-refractivity contribution in [2.75, 3.05) is 19.7 Å². The van der Waals surface area contributed by atoms with Crippen LogP contribution in [0.4, 0.5) is 0 Å². The summed E-state index contributed by atoms with van der Waals surface area (Å²) in [5, 5.41) is 3.29. The Bertz CT molecular complexity index is 1180. The molecule has 0 amide bonds. The molecule has 0 aliphatic carbocycles. The van der Waals surface area contributed by atoms with Crippen LogP contribution < -0.4 is 10.1 Å². The number of nitrogens with zero attached hydrogens (tertiary/aromatic N) is 2. The zero-order chi connectivity index (χ0) is 18.4. The summed E-state index contributed by atoms with van der Waals surface area (Å²) in [6.07, 6.45) is 7.12. The molecule has 0 fully saturated rings. The van der Waals surface area contributed by atoms with E-state index in [4.69, 9.17) is 4.74 Å². The smallest absolute Gasteiger partial charge is 0.268 e. The summed E-state index contributed by atoms with van der Waals surface area (Å²) in [5.74, 6) is 0.772. The van der Waals surface area contributed by atoms with Gasteiger partial charge in [0.05, 0.1) is 22.5 Å². The topological polar surface area (TPSA) is 73.2 Å². The van der Waals surface area contributed by atoms with E-state index >= 15 is 0 Å². The van der Waals surface area contributed by atoms with Gasteiger partial charge in [0.2, 0.25) is 0 Å². The fraction of sp³-hybridized carbons (Fsp3) is 0.250. The molecule has 0 atom stereocenters. The van der Waals surface area contributed by atoms with Crippen LogP contribution in [0.25, 0.3) is 16.6 Å². The number of hydrogen-bond acceptors (Lipinski definition) is 5. The second-order valence-corrected chi connectivity index (χ2v) is 8.58. The largest absolute Gasteiger partial charge is 0.493 e. The van der Waals surface area contributed by atoms with Crippen LogP contribution in [0.1, 0.15) is 17.5 Å². The van der Waals surface area contributed by atoms with Crippen LogP contribution in [0.15, 0.2) is 53.7 Å². The Morgan fingerprint density at radius 3 is 2.96 bits per heavy atom. The van der Waals surface area contributed by atoms with Crippen molar-refractivity contribution in [2.24, 2.45) is 0 Å². The Morgan fingerprint density at radius 2 is 2.11 bits per heavy atom. The number of fused-ring (bicyclic) bond motifs is 2. The average molecular weight is 381 g/mol. The van der Waals surface area contributed by atoms with Crippen molar-refractivity contribution in [3.05, 3.63) is 59.9 Å². The minimum Gasteiger partial charge on any atom is -0.493 e. The molecule has 27 heavy (non-hydrogen) atoms. The molecule has 0 saturated carbocycles. The Kier molecular flexibility index (Phi) is 3.80. The maximum absolute atomic E-state index is 13.4. The molecule has 1 aromatic carbocycles. The van der Waals surface area contributed by atoms with Gasteiger partial charge in [0.25, 0.3) is 10.0 Å². The molecule has 5 rings (SSSR count). The lowest BCUT2D eigenvalue weighted by molar-refractivity contribution is 0.356. The highest BCUT2D eigenvalue weighted by Crippen LogP contribution is 2.33. The van der Waals surface area contributed by atoms with Crippen LogP contribution in [0.5, 0.6) is 5.75 Å².